The molecule has 3 aromatic carbocycles. The van der Waals surface area contributed by atoms with Crippen molar-refractivity contribution in [3.05, 3.63) is 95.6 Å². The zero-order valence-electron chi connectivity index (χ0n) is 18.8. The van der Waals surface area contributed by atoms with Crippen molar-refractivity contribution >= 4 is 16.9 Å². The van der Waals surface area contributed by atoms with Gasteiger partial charge in [0.15, 0.2) is 0 Å². The molecule has 1 amide bonds. The Morgan fingerprint density at radius 3 is 2.58 bits per heavy atom. The zero-order chi connectivity index (χ0) is 23.0. The second kappa shape index (κ2) is 10.8. The first-order valence-electron chi connectivity index (χ1n) is 11.3. The Bertz CT molecular complexity index is 1240. The van der Waals surface area contributed by atoms with Gasteiger partial charge in [-0.1, -0.05) is 48.9 Å². The average molecular weight is 446 g/mol. The molecule has 0 fully saturated rings. The van der Waals surface area contributed by atoms with Crippen LogP contribution in [0.2, 0.25) is 0 Å². The third kappa shape index (κ3) is 5.40. The lowest BCUT2D eigenvalue weighted by atomic mass is 10.1. The van der Waals surface area contributed by atoms with Crippen LogP contribution in [0, 0.1) is 5.82 Å². The highest BCUT2D eigenvalue weighted by Gasteiger charge is 2.13. The molecule has 0 aliphatic heterocycles. The maximum Gasteiger partial charge on any atom is 0.254 e. The SMILES string of the molecule is COc1ccccc1Cn1c(CCCCCNC(=O)c2ccccc2F)nc2ccccc21. The number of aromatic nitrogens is 2. The number of fused-ring (bicyclic) bond motifs is 1. The van der Waals surface area contributed by atoms with Crippen molar-refractivity contribution in [1.29, 1.82) is 0 Å². The van der Waals surface area contributed by atoms with Gasteiger partial charge in [0, 0.05) is 18.5 Å². The van der Waals surface area contributed by atoms with Gasteiger partial charge >= 0.3 is 0 Å². The summed E-state index contributed by atoms with van der Waals surface area (Å²) >= 11 is 0. The minimum Gasteiger partial charge on any atom is -0.496 e. The maximum atomic E-state index is 13.7. The number of carbonyl (C=O) groups is 1. The number of ether oxygens (including phenoxy) is 1. The van der Waals surface area contributed by atoms with Crippen LogP contribution in [0.25, 0.3) is 11.0 Å². The van der Waals surface area contributed by atoms with E-state index < -0.39 is 5.82 Å². The quantitative estimate of drug-likeness (QED) is 0.334. The van der Waals surface area contributed by atoms with E-state index in [2.05, 4.69) is 22.0 Å². The fourth-order valence-corrected chi connectivity index (χ4v) is 4.02. The summed E-state index contributed by atoms with van der Waals surface area (Å²) in [6.45, 7) is 1.21. The number of unbranched alkanes of at least 4 members (excludes halogenated alkanes) is 2. The molecule has 0 saturated heterocycles. The summed E-state index contributed by atoms with van der Waals surface area (Å²) < 4.78 is 21.5. The van der Waals surface area contributed by atoms with E-state index in [0.717, 1.165) is 53.9 Å². The van der Waals surface area contributed by atoms with Crippen LogP contribution < -0.4 is 10.1 Å². The summed E-state index contributed by atoms with van der Waals surface area (Å²) in [6, 6.07) is 22.3. The van der Waals surface area contributed by atoms with E-state index in [1.165, 1.54) is 12.1 Å². The van der Waals surface area contributed by atoms with Gasteiger partial charge < -0.3 is 14.6 Å². The summed E-state index contributed by atoms with van der Waals surface area (Å²) in [5.41, 5.74) is 3.29. The number of hydrogen-bond donors (Lipinski definition) is 1. The highest BCUT2D eigenvalue weighted by molar-refractivity contribution is 5.94. The lowest BCUT2D eigenvalue weighted by Crippen LogP contribution is -2.25. The van der Waals surface area contributed by atoms with Crippen LogP contribution in [0.15, 0.2) is 72.8 Å². The van der Waals surface area contributed by atoms with Crippen LogP contribution in [0.1, 0.15) is 41.0 Å². The van der Waals surface area contributed by atoms with E-state index in [4.69, 9.17) is 9.72 Å². The van der Waals surface area contributed by atoms with E-state index in [0.29, 0.717) is 13.1 Å². The molecule has 4 rings (SSSR count). The van der Waals surface area contributed by atoms with Crippen molar-refractivity contribution in [1.82, 2.24) is 14.9 Å². The standard InChI is InChI=1S/C27H28FN3O2/c1-33-25-16-9-4-11-20(25)19-31-24-15-8-7-14-23(24)30-26(31)17-3-2-10-18-29-27(32)21-12-5-6-13-22(21)28/h4-9,11-16H,2-3,10,17-19H2,1H3,(H,29,32). The molecule has 170 valence electrons. The Labute approximate surface area is 193 Å². The van der Waals surface area contributed by atoms with Gasteiger partial charge in [0.05, 0.1) is 30.3 Å². The van der Waals surface area contributed by atoms with Crippen molar-refractivity contribution in [3.63, 3.8) is 0 Å². The summed E-state index contributed by atoms with van der Waals surface area (Å²) in [4.78, 5) is 17.0. The molecule has 1 aromatic heterocycles. The predicted octanol–water partition coefficient (Wildman–Crippen LogP) is 5.38. The zero-order valence-corrected chi connectivity index (χ0v) is 18.8. The third-order valence-corrected chi connectivity index (χ3v) is 5.74. The number of nitrogens with zero attached hydrogens (tertiary/aromatic N) is 2. The largest absolute Gasteiger partial charge is 0.496 e. The maximum absolute atomic E-state index is 13.7. The number of aryl methyl sites for hydroxylation is 1. The van der Waals surface area contributed by atoms with Crippen LogP contribution in [0.4, 0.5) is 4.39 Å². The third-order valence-electron chi connectivity index (χ3n) is 5.74. The van der Waals surface area contributed by atoms with Gasteiger partial charge in [-0.3, -0.25) is 4.79 Å². The molecule has 6 heteroatoms. The Hall–Kier alpha value is -3.67. The lowest BCUT2D eigenvalue weighted by molar-refractivity contribution is 0.0949. The van der Waals surface area contributed by atoms with Gasteiger partial charge in [-0.15, -0.1) is 0 Å². The summed E-state index contributed by atoms with van der Waals surface area (Å²) in [5.74, 6) is 1.04. The van der Waals surface area contributed by atoms with Gasteiger partial charge in [-0.2, -0.15) is 0 Å². The smallest absolute Gasteiger partial charge is 0.254 e. The first-order chi connectivity index (χ1) is 16.2. The fraction of sp³-hybridized carbons (Fsp3) is 0.259. The summed E-state index contributed by atoms with van der Waals surface area (Å²) in [5, 5.41) is 2.80. The number of nitrogens with one attached hydrogen (secondary N) is 1. The number of para-hydroxylation sites is 3. The highest BCUT2D eigenvalue weighted by atomic mass is 19.1. The van der Waals surface area contributed by atoms with Gasteiger partial charge in [0.1, 0.15) is 17.4 Å². The first kappa shape index (κ1) is 22.5. The van der Waals surface area contributed by atoms with Crippen molar-refractivity contribution in [2.45, 2.75) is 32.2 Å². The minimum atomic E-state index is -0.496. The Balaban J connectivity index is 1.35. The van der Waals surface area contributed by atoms with Gasteiger partial charge in [-0.05, 0) is 43.2 Å². The molecule has 5 nitrogen and oxygen atoms in total. The normalized spacial score (nSPS) is 11.0. The van der Waals surface area contributed by atoms with Gasteiger partial charge in [-0.25, -0.2) is 9.37 Å². The highest BCUT2D eigenvalue weighted by Crippen LogP contribution is 2.24. The first-order valence-corrected chi connectivity index (χ1v) is 11.3. The van der Waals surface area contributed by atoms with Gasteiger partial charge in [0.2, 0.25) is 0 Å². The van der Waals surface area contributed by atoms with E-state index in [-0.39, 0.29) is 11.5 Å². The van der Waals surface area contributed by atoms with Gasteiger partial charge in [0.25, 0.3) is 5.91 Å². The van der Waals surface area contributed by atoms with Crippen molar-refractivity contribution < 1.29 is 13.9 Å². The second-order valence-corrected chi connectivity index (χ2v) is 7.96. The molecular formula is C27H28FN3O2. The number of carbonyl (C=O) groups excluding carboxylic acids is 1. The van der Waals surface area contributed by atoms with Crippen LogP contribution in [0.5, 0.6) is 5.75 Å². The molecule has 0 radical (unpaired) electrons. The number of halogens is 1. The molecule has 0 bridgehead atoms. The van der Waals surface area contributed by atoms with E-state index in [1.54, 1.807) is 19.2 Å². The Morgan fingerprint density at radius 1 is 0.970 bits per heavy atom. The minimum absolute atomic E-state index is 0.0857. The topological polar surface area (TPSA) is 56.1 Å². The number of benzene rings is 3. The Morgan fingerprint density at radius 2 is 1.73 bits per heavy atom. The molecule has 0 spiro atoms. The number of imidazole rings is 1. The molecule has 1 heterocycles. The van der Waals surface area contributed by atoms with E-state index in [9.17, 15) is 9.18 Å². The molecule has 4 aromatic rings. The Kier molecular flexibility index (Phi) is 7.35. The van der Waals surface area contributed by atoms with Crippen LogP contribution in [-0.4, -0.2) is 29.1 Å². The summed E-state index contributed by atoms with van der Waals surface area (Å²) in [7, 11) is 1.69. The number of hydrogen-bond acceptors (Lipinski definition) is 3. The molecule has 0 saturated carbocycles. The molecule has 0 atom stereocenters. The number of methoxy groups -OCH3 is 1. The molecular weight excluding hydrogens is 417 g/mol. The molecule has 1 N–H and O–H groups in total. The van der Waals surface area contributed by atoms with Crippen molar-refractivity contribution in [2.24, 2.45) is 0 Å². The molecule has 0 aliphatic carbocycles. The summed E-state index contributed by atoms with van der Waals surface area (Å²) in [6.07, 6.45) is 3.55. The molecule has 0 aliphatic rings. The molecule has 33 heavy (non-hydrogen) atoms. The molecule has 0 unspecified atom stereocenters. The number of amides is 1. The monoisotopic (exact) mass is 445 g/mol. The number of rotatable bonds is 10. The van der Waals surface area contributed by atoms with Crippen molar-refractivity contribution in [2.75, 3.05) is 13.7 Å². The fourth-order valence-electron chi connectivity index (χ4n) is 4.02. The average Bonchev–Trinajstić information content (AvgIpc) is 3.19. The van der Waals surface area contributed by atoms with Crippen LogP contribution in [-0.2, 0) is 13.0 Å². The van der Waals surface area contributed by atoms with E-state index in [1.807, 2.05) is 36.4 Å². The predicted molar refractivity (Wildman–Crippen MR) is 128 cm³/mol. The van der Waals surface area contributed by atoms with E-state index >= 15 is 0 Å². The second-order valence-electron chi connectivity index (χ2n) is 7.96. The van der Waals surface area contributed by atoms with Crippen molar-refractivity contribution in [3.8, 4) is 5.75 Å². The van der Waals surface area contributed by atoms with Crippen LogP contribution in [0.3, 0.4) is 0 Å². The van der Waals surface area contributed by atoms with Crippen LogP contribution >= 0.6 is 0 Å². The lowest BCUT2D eigenvalue weighted by Gasteiger charge is -2.12.